The zero-order chi connectivity index (χ0) is 43.5. The lowest BCUT2D eigenvalue weighted by molar-refractivity contribution is -0.180. The van der Waals surface area contributed by atoms with Crippen molar-refractivity contribution in [2.45, 2.75) is 278 Å². The van der Waals surface area contributed by atoms with E-state index in [1.165, 1.54) is 180 Å². The summed E-state index contributed by atoms with van der Waals surface area (Å²) in [7, 11) is 0. The number of ether oxygens (including phenoxy) is 3. The van der Waals surface area contributed by atoms with Gasteiger partial charge in [-0.05, 0) is 50.6 Å². The molecule has 0 amide bonds. The number of carboxylic acid groups (broad SMARTS) is 1. The number of hydrogen-bond donors (Lipinski definition) is 1. The fourth-order valence-electron chi connectivity index (χ4n) is 9.13. The molecule has 0 aromatic rings. The number of esters is 1. The van der Waals surface area contributed by atoms with E-state index in [4.69, 9.17) is 24.1 Å². The smallest absolute Gasteiger partial charge is 0.305 e. The standard InChI is InChI=1S/C51H101NO4.CH2O2/c1-7-13-27-35-47(36-28-14-8-2)39-31-23-19-17-18-21-25-33-42-51(55-46-49(56-51)45-52(11-5)12-6)43-34-26-22-20-24-32-40-50(53)54-44-41-48(37-29-15-9-3)38-30-16-10-4;2-1-3/h47-49H,7-46H2,1-6H3;1H,(H,2,3). The van der Waals surface area contributed by atoms with Crippen LogP contribution in [0, 0.1) is 11.8 Å². The third kappa shape index (κ3) is 35.0. The molecule has 0 aromatic carbocycles. The normalized spacial score (nSPS) is 16.6. The van der Waals surface area contributed by atoms with Gasteiger partial charge in [0.05, 0.1) is 19.3 Å². The molecule has 59 heavy (non-hydrogen) atoms. The maximum atomic E-state index is 12.4. The number of nitrogens with zero attached hydrogens (tertiary/aromatic N) is 1. The van der Waals surface area contributed by atoms with Gasteiger partial charge in [0.25, 0.3) is 6.47 Å². The first-order valence-electron chi connectivity index (χ1n) is 26.1. The van der Waals surface area contributed by atoms with E-state index >= 15 is 0 Å². The fraction of sp³-hybridized carbons (Fsp3) is 0.962. The molecular formula is C52H103NO6. The molecule has 0 saturated carbocycles. The maximum absolute atomic E-state index is 12.4. The van der Waals surface area contributed by atoms with E-state index in [0.29, 0.717) is 13.0 Å². The van der Waals surface area contributed by atoms with Gasteiger partial charge in [-0.1, -0.05) is 221 Å². The van der Waals surface area contributed by atoms with Gasteiger partial charge in [-0.3, -0.25) is 9.59 Å². The number of unbranched alkanes of at least 4 members (excludes halogenated alkanes) is 20. The van der Waals surface area contributed by atoms with Gasteiger partial charge < -0.3 is 24.2 Å². The van der Waals surface area contributed by atoms with E-state index in [1.54, 1.807) is 0 Å². The third-order valence-electron chi connectivity index (χ3n) is 13.0. The molecule has 1 N–H and O–H groups in total. The quantitative estimate of drug-likeness (QED) is 0.0372. The van der Waals surface area contributed by atoms with Crippen LogP contribution in [0.5, 0.6) is 0 Å². The van der Waals surface area contributed by atoms with Crippen molar-refractivity contribution in [1.29, 1.82) is 0 Å². The van der Waals surface area contributed by atoms with Crippen LogP contribution in [-0.4, -0.2) is 67.2 Å². The second kappa shape index (κ2) is 43.5. The molecule has 7 heteroatoms. The monoisotopic (exact) mass is 838 g/mol. The van der Waals surface area contributed by atoms with Gasteiger partial charge in [0.1, 0.15) is 0 Å². The van der Waals surface area contributed by atoms with Crippen molar-refractivity contribution in [1.82, 2.24) is 4.90 Å². The largest absolute Gasteiger partial charge is 0.483 e. The van der Waals surface area contributed by atoms with Crippen molar-refractivity contribution >= 4 is 12.4 Å². The summed E-state index contributed by atoms with van der Waals surface area (Å²) in [5.41, 5.74) is 0. The van der Waals surface area contributed by atoms with Crippen LogP contribution in [0.1, 0.15) is 266 Å². The van der Waals surface area contributed by atoms with Crippen molar-refractivity contribution in [3.05, 3.63) is 0 Å². The fourth-order valence-corrected chi connectivity index (χ4v) is 9.13. The lowest BCUT2D eigenvalue weighted by Crippen LogP contribution is -2.36. The van der Waals surface area contributed by atoms with Crippen LogP contribution >= 0.6 is 0 Å². The summed E-state index contributed by atoms with van der Waals surface area (Å²) in [5, 5.41) is 6.89. The Labute approximate surface area is 368 Å². The van der Waals surface area contributed by atoms with Crippen LogP contribution in [0.4, 0.5) is 0 Å². The lowest BCUT2D eigenvalue weighted by Gasteiger charge is -2.29. The Morgan fingerprint density at radius 1 is 0.593 bits per heavy atom. The van der Waals surface area contributed by atoms with Crippen molar-refractivity contribution < 1.29 is 28.9 Å². The Bertz CT molecular complexity index is 863. The Hall–Kier alpha value is -1.18. The van der Waals surface area contributed by atoms with Crippen molar-refractivity contribution in [3.63, 3.8) is 0 Å². The van der Waals surface area contributed by atoms with Crippen molar-refractivity contribution in [3.8, 4) is 0 Å². The van der Waals surface area contributed by atoms with Gasteiger partial charge in [0, 0.05) is 25.8 Å². The Morgan fingerprint density at radius 2 is 0.966 bits per heavy atom. The molecule has 7 nitrogen and oxygen atoms in total. The molecule has 1 fully saturated rings. The van der Waals surface area contributed by atoms with Gasteiger partial charge in [-0.15, -0.1) is 0 Å². The second-order valence-corrected chi connectivity index (χ2v) is 18.3. The van der Waals surface area contributed by atoms with E-state index in [0.717, 1.165) is 76.6 Å². The highest BCUT2D eigenvalue weighted by Crippen LogP contribution is 2.35. The number of hydrogen-bond acceptors (Lipinski definition) is 6. The molecule has 1 heterocycles. The van der Waals surface area contributed by atoms with E-state index in [9.17, 15) is 4.79 Å². The minimum Gasteiger partial charge on any atom is -0.483 e. The topological polar surface area (TPSA) is 85.3 Å². The third-order valence-corrected chi connectivity index (χ3v) is 13.0. The van der Waals surface area contributed by atoms with Crippen LogP contribution < -0.4 is 0 Å². The van der Waals surface area contributed by atoms with Crippen LogP contribution in [0.15, 0.2) is 0 Å². The molecular weight excluding hydrogens is 735 g/mol. The molecule has 2 unspecified atom stereocenters. The zero-order valence-corrected chi connectivity index (χ0v) is 40.5. The molecule has 0 aromatic heterocycles. The summed E-state index contributed by atoms with van der Waals surface area (Å²) in [4.78, 5) is 23.3. The second-order valence-electron chi connectivity index (χ2n) is 18.3. The molecule has 1 saturated heterocycles. The van der Waals surface area contributed by atoms with Crippen LogP contribution in [0.2, 0.25) is 0 Å². The predicted octanol–water partition coefficient (Wildman–Crippen LogP) is 15.6. The molecule has 1 aliphatic heterocycles. The summed E-state index contributed by atoms with van der Waals surface area (Å²) in [6, 6.07) is 0. The number of carbonyl (C=O) groups excluding carboxylic acids is 1. The molecule has 0 radical (unpaired) electrons. The van der Waals surface area contributed by atoms with Crippen molar-refractivity contribution in [2.24, 2.45) is 11.8 Å². The highest BCUT2D eigenvalue weighted by Gasteiger charge is 2.40. The highest BCUT2D eigenvalue weighted by atomic mass is 16.7. The lowest BCUT2D eigenvalue weighted by atomic mass is 9.90. The summed E-state index contributed by atoms with van der Waals surface area (Å²) in [6.45, 7) is 17.9. The Morgan fingerprint density at radius 3 is 1.39 bits per heavy atom. The Kier molecular flexibility index (Phi) is 42.6. The van der Waals surface area contributed by atoms with Gasteiger partial charge in [0.15, 0.2) is 5.79 Å². The van der Waals surface area contributed by atoms with E-state index in [-0.39, 0.29) is 24.3 Å². The number of rotatable bonds is 43. The predicted molar refractivity (Wildman–Crippen MR) is 252 cm³/mol. The summed E-state index contributed by atoms with van der Waals surface area (Å²) >= 11 is 0. The molecule has 0 spiro atoms. The highest BCUT2D eigenvalue weighted by molar-refractivity contribution is 5.69. The molecule has 2 atom stereocenters. The van der Waals surface area contributed by atoms with Crippen molar-refractivity contribution in [2.75, 3.05) is 32.8 Å². The Balaban J connectivity index is 0.0000108. The van der Waals surface area contributed by atoms with Crippen LogP contribution in [0.3, 0.4) is 0 Å². The number of likely N-dealkylation sites (N-methyl/N-ethyl adjacent to an activating group) is 1. The first-order valence-corrected chi connectivity index (χ1v) is 26.1. The first-order chi connectivity index (χ1) is 28.9. The molecule has 1 aliphatic rings. The minimum atomic E-state index is -0.378. The van der Waals surface area contributed by atoms with E-state index < -0.39 is 0 Å². The average Bonchev–Trinajstić information content (AvgIpc) is 3.63. The summed E-state index contributed by atoms with van der Waals surface area (Å²) in [5.74, 6) is 1.35. The molecule has 0 aliphatic carbocycles. The summed E-state index contributed by atoms with van der Waals surface area (Å²) < 4.78 is 19.0. The van der Waals surface area contributed by atoms with E-state index in [2.05, 4.69) is 46.4 Å². The molecule has 0 bridgehead atoms. The zero-order valence-electron chi connectivity index (χ0n) is 40.5. The van der Waals surface area contributed by atoms with Crippen LogP contribution in [0.25, 0.3) is 0 Å². The van der Waals surface area contributed by atoms with Gasteiger partial charge in [0.2, 0.25) is 0 Å². The van der Waals surface area contributed by atoms with Gasteiger partial charge >= 0.3 is 5.97 Å². The van der Waals surface area contributed by atoms with E-state index in [1.807, 2.05) is 0 Å². The number of carbonyl (C=O) groups is 2. The van der Waals surface area contributed by atoms with Gasteiger partial charge in [-0.2, -0.15) is 0 Å². The molecule has 1 rings (SSSR count). The van der Waals surface area contributed by atoms with Crippen LogP contribution in [-0.2, 0) is 23.8 Å². The first kappa shape index (κ1) is 57.8. The minimum absolute atomic E-state index is 0.0114. The molecule has 352 valence electrons. The SMILES string of the molecule is CCCCCC(CCCCC)CCCCCCCCCCC1(CCCCCCCCC(=O)OCCC(CCCCC)CCCCC)OCC(CN(CC)CC)O1.O=CO. The average molecular weight is 838 g/mol. The maximum Gasteiger partial charge on any atom is 0.305 e. The summed E-state index contributed by atoms with van der Waals surface area (Å²) in [6.07, 6.45) is 45.0. The van der Waals surface area contributed by atoms with Gasteiger partial charge in [-0.25, -0.2) is 0 Å².